The van der Waals surface area contributed by atoms with Crippen LogP contribution in [0.5, 0.6) is 5.75 Å². The van der Waals surface area contributed by atoms with Crippen molar-refractivity contribution < 1.29 is 4.74 Å². The average Bonchev–Trinajstić information content (AvgIpc) is 2.41. The maximum Gasteiger partial charge on any atom is 0.125 e. The highest BCUT2D eigenvalue weighted by Crippen LogP contribution is 2.13. The van der Waals surface area contributed by atoms with Gasteiger partial charge in [0.05, 0.1) is 6.61 Å². The van der Waals surface area contributed by atoms with Crippen LogP contribution in [0, 0.1) is 11.8 Å². The normalized spacial score (nSPS) is 12.2. The maximum absolute atomic E-state index is 5.96. The first-order valence-electron chi connectivity index (χ1n) is 7.52. The summed E-state index contributed by atoms with van der Waals surface area (Å²) < 4.78 is 5.71. The number of nitrogens with zero attached hydrogens (tertiary/aromatic N) is 1. The highest BCUT2D eigenvalue weighted by Gasteiger charge is 2.01. The van der Waals surface area contributed by atoms with E-state index in [1.807, 2.05) is 24.3 Å². The smallest absolute Gasteiger partial charge is 0.125 e. The Morgan fingerprint density at radius 3 is 2.30 bits per heavy atom. The van der Waals surface area contributed by atoms with Gasteiger partial charge < -0.3 is 10.5 Å². The number of hydrogen-bond donors (Lipinski definition) is 1. The molecule has 3 nitrogen and oxygen atoms in total. The van der Waals surface area contributed by atoms with Crippen molar-refractivity contribution in [2.24, 2.45) is 22.6 Å². The standard InChI is InChI=1S/C17H28N2O/c1-13(2)6-5-11-20-16-9-7-15(8-10-16)17(18)19-12-14(3)4/h7-10,13-14H,5-6,11-12H2,1-4H3,(H2,18,19). The lowest BCUT2D eigenvalue weighted by Gasteiger charge is -2.08. The molecule has 2 N–H and O–H groups in total. The van der Waals surface area contributed by atoms with Crippen molar-refractivity contribution in [3.63, 3.8) is 0 Å². The van der Waals surface area contributed by atoms with Crippen LogP contribution in [0.3, 0.4) is 0 Å². The molecule has 112 valence electrons. The van der Waals surface area contributed by atoms with Gasteiger partial charge in [0, 0.05) is 12.1 Å². The molecule has 1 rings (SSSR count). The lowest BCUT2D eigenvalue weighted by Crippen LogP contribution is -2.14. The minimum Gasteiger partial charge on any atom is -0.494 e. The molecular weight excluding hydrogens is 248 g/mol. The van der Waals surface area contributed by atoms with Gasteiger partial charge in [0.25, 0.3) is 0 Å². The van der Waals surface area contributed by atoms with Gasteiger partial charge in [0.15, 0.2) is 0 Å². The van der Waals surface area contributed by atoms with Gasteiger partial charge in [-0.25, -0.2) is 0 Å². The van der Waals surface area contributed by atoms with Crippen LogP contribution in [0.2, 0.25) is 0 Å². The second kappa shape index (κ2) is 8.62. The molecule has 0 aromatic heterocycles. The molecular formula is C17H28N2O. The fraction of sp³-hybridized carbons (Fsp3) is 0.588. The maximum atomic E-state index is 5.96. The Bertz CT molecular complexity index is 408. The van der Waals surface area contributed by atoms with Gasteiger partial charge in [0.1, 0.15) is 11.6 Å². The van der Waals surface area contributed by atoms with Crippen LogP contribution in [0.15, 0.2) is 29.3 Å². The Hall–Kier alpha value is -1.51. The molecule has 0 fully saturated rings. The van der Waals surface area contributed by atoms with Crippen LogP contribution in [0.1, 0.15) is 46.1 Å². The minimum atomic E-state index is 0.525. The number of aliphatic imine (C=N–C) groups is 1. The van der Waals surface area contributed by atoms with Crippen LogP contribution < -0.4 is 10.5 Å². The molecule has 0 amide bonds. The SMILES string of the molecule is CC(C)CCCOc1ccc(C(N)=NCC(C)C)cc1. The zero-order valence-corrected chi connectivity index (χ0v) is 13.2. The van der Waals surface area contributed by atoms with E-state index in [2.05, 4.69) is 32.7 Å². The van der Waals surface area contributed by atoms with Crippen molar-refractivity contribution in [3.8, 4) is 5.75 Å². The molecule has 0 bridgehead atoms. The Labute approximate surface area is 123 Å². The van der Waals surface area contributed by atoms with Crippen LogP contribution in [-0.4, -0.2) is 19.0 Å². The van der Waals surface area contributed by atoms with E-state index in [1.54, 1.807) is 0 Å². The predicted octanol–water partition coefficient (Wildman–Crippen LogP) is 3.86. The molecule has 0 spiro atoms. The highest BCUT2D eigenvalue weighted by molar-refractivity contribution is 5.97. The van der Waals surface area contributed by atoms with E-state index in [0.29, 0.717) is 11.8 Å². The fourth-order valence-electron chi connectivity index (χ4n) is 1.78. The minimum absolute atomic E-state index is 0.525. The van der Waals surface area contributed by atoms with Gasteiger partial charge in [-0.05, 0) is 48.9 Å². The van der Waals surface area contributed by atoms with Gasteiger partial charge in [0.2, 0.25) is 0 Å². The summed E-state index contributed by atoms with van der Waals surface area (Å²) in [7, 11) is 0. The summed E-state index contributed by atoms with van der Waals surface area (Å²) in [4.78, 5) is 4.37. The lowest BCUT2D eigenvalue weighted by molar-refractivity contribution is 0.297. The Kier molecular flexibility index (Phi) is 7.13. The summed E-state index contributed by atoms with van der Waals surface area (Å²) >= 11 is 0. The number of benzene rings is 1. The van der Waals surface area contributed by atoms with Crippen LogP contribution in [0.4, 0.5) is 0 Å². The molecule has 0 aliphatic rings. The molecule has 0 aliphatic carbocycles. The highest BCUT2D eigenvalue weighted by atomic mass is 16.5. The summed E-state index contributed by atoms with van der Waals surface area (Å²) in [6.45, 7) is 10.3. The van der Waals surface area contributed by atoms with Crippen molar-refractivity contribution in [1.29, 1.82) is 0 Å². The van der Waals surface area contributed by atoms with E-state index in [-0.39, 0.29) is 0 Å². The summed E-state index contributed by atoms with van der Waals surface area (Å²) in [5, 5.41) is 0. The van der Waals surface area contributed by atoms with Crippen LogP contribution >= 0.6 is 0 Å². The molecule has 0 aliphatic heterocycles. The Morgan fingerprint density at radius 1 is 1.10 bits per heavy atom. The van der Waals surface area contributed by atoms with Gasteiger partial charge in [-0.2, -0.15) is 0 Å². The molecule has 0 unspecified atom stereocenters. The molecule has 0 radical (unpaired) electrons. The first-order valence-corrected chi connectivity index (χ1v) is 7.52. The quantitative estimate of drug-likeness (QED) is 0.445. The number of nitrogens with two attached hydrogens (primary N) is 1. The third kappa shape index (κ3) is 6.60. The van der Waals surface area contributed by atoms with Crippen LogP contribution in [0.25, 0.3) is 0 Å². The predicted molar refractivity (Wildman–Crippen MR) is 86.4 cm³/mol. The van der Waals surface area contributed by atoms with E-state index in [1.165, 1.54) is 6.42 Å². The summed E-state index contributed by atoms with van der Waals surface area (Å²) in [5.41, 5.74) is 6.92. The van der Waals surface area contributed by atoms with Crippen molar-refractivity contribution in [2.75, 3.05) is 13.2 Å². The van der Waals surface area contributed by atoms with Crippen molar-refractivity contribution in [3.05, 3.63) is 29.8 Å². The monoisotopic (exact) mass is 276 g/mol. The van der Waals surface area contributed by atoms with Gasteiger partial charge in [-0.1, -0.05) is 27.7 Å². The fourth-order valence-corrected chi connectivity index (χ4v) is 1.78. The Morgan fingerprint density at radius 2 is 1.75 bits per heavy atom. The topological polar surface area (TPSA) is 47.6 Å². The van der Waals surface area contributed by atoms with Gasteiger partial charge >= 0.3 is 0 Å². The summed E-state index contributed by atoms with van der Waals surface area (Å²) in [6, 6.07) is 7.86. The van der Waals surface area contributed by atoms with E-state index in [0.717, 1.165) is 36.8 Å². The van der Waals surface area contributed by atoms with Gasteiger partial charge in [-0.3, -0.25) is 4.99 Å². The van der Waals surface area contributed by atoms with Crippen molar-refractivity contribution in [1.82, 2.24) is 0 Å². The molecule has 0 saturated carbocycles. The number of hydrogen-bond acceptors (Lipinski definition) is 2. The van der Waals surface area contributed by atoms with E-state index in [4.69, 9.17) is 10.5 Å². The zero-order valence-electron chi connectivity index (χ0n) is 13.2. The zero-order chi connectivity index (χ0) is 15.0. The lowest BCUT2D eigenvalue weighted by atomic mass is 10.1. The summed E-state index contributed by atoms with van der Waals surface area (Å²) in [6.07, 6.45) is 2.30. The Balaban J connectivity index is 2.45. The molecule has 1 aromatic rings. The molecule has 1 aromatic carbocycles. The average molecular weight is 276 g/mol. The largest absolute Gasteiger partial charge is 0.494 e. The third-order valence-electron chi connectivity index (χ3n) is 2.97. The first kappa shape index (κ1) is 16.5. The van der Waals surface area contributed by atoms with E-state index in [9.17, 15) is 0 Å². The van der Waals surface area contributed by atoms with Crippen molar-refractivity contribution in [2.45, 2.75) is 40.5 Å². The van der Waals surface area contributed by atoms with Crippen molar-refractivity contribution >= 4 is 5.84 Å². The number of ether oxygens (including phenoxy) is 1. The van der Waals surface area contributed by atoms with E-state index >= 15 is 0 Å². The number of amidine groups is 1. The molecule has 3 heteroatoms. The molecule has 0 heterocycles. The molecule has 0 atom stereocenters. The second-order valence-corrected chi connectivity index (χ2v) is 6.03. The molecule has 20 heavy (non-hydrogen) atoms. The molecule has 0 saturated heterocycles. The number of rotatable bonds is 8. The second-order valence-electron chi connectivity index (χ2n) is 6.03. The van der Waals surface area contributed by atoms with Gasteiger partial charge in [-0.15, -0.1) is 0 Å². The van der Waals surface area contributed by atoms with E-state index < -0.39 is 0 Å². The summed E-state index contributed by atoms with van der Waals surface area (Å²) in [5.74, 6) is 2.76. The first-order chi connectivity index (χ1) is 9.49. The van der Waals surface area contributed by atoms with Crippen LogP contribution in [-0.2, 0) is 0 Å². The third-order valence-corrected chi connectivity index (χ3v) is 2.97.